The summed E-state index contributed by atoms with van der Waals surface area (Å²) in [5, 5.41) is 2.94. The first-order chi connectivity index (χ1) is 11.6. The molecule has 1 aliphatic rings. The predicted octanol–water partition coefficient (Wildman–Crippen LogP) is 2.61. The second-order valence-corrected chi connectivity index (χ2v) is 5.99. The van der Waals surface area contributed by atoms with Crippen LogP contribution in [0.4, 0.5) is 11.5 Å². The van der Waals surface area contributed by atoms with Crippen LogP contribution in [0.15, 0.2) is 24.4 Å². The molecular formula is C18H24N4O2. The fraction of sp³-hybridized carbons (Fsp3) is 0.444. The molecule has 6 heteroatoms. The second kappa shape index (κ2) is 7.05. The van der Waals surface area contributed by atoms with E-state index < -0.39 is 0 Å². The van der Waals surface area contributed by atoms with E-state index in [2.05, 4.69) is 26.7 Å². The van der Waals surface area contributed by atoms with E-state index in [0.29, 0.717) is 11.3 Å². The summed E-state index contributed by atoms with van der Waals surface area (Å²) in [6.45, 7) is 10.1. The molecule has 0 atom stereocenters. The van der Waals surface area contributed by atoms with Crippen LogP contribution in [0.5, 0.6) is 0 Å². The third-order valence-electron chi connectivity index (χ3n) is 4.48. The number of rotatable bonds is 4. The Morgan fingerprint density at radius 3 is 2.62 bits per heavy atom. The molecule has 2 aromatic rings. The number of carbonyl (C=O) groups is 1. The molecule has 128 valence electrons. The van der Waals surface area contributed by atoms with Crippen molar-refractivity contribution in [1.82, 2.24) is 9.55 Å². The quantitative estimate of drug-likeness (QED) is 0.937. The highest BCUT2D eigenvalue weighted by molar-refractivity contribution is 6.05. The number of aromatic nitrogens is 2. The van der Waals surface area contributed by atoms with Gasteiger partial charge >= 0.3 is 0 Å². The summed E-state index contributed by atoms with van der Waals surface area (Å²) in [6.07, 6.45) is 1.71. The average Bonchev–Trinajstić information content (AvgIpc) is 2.90. The molecule has 2 aromatic heterocycles. The molecule has 0 radical (unpaired) electrons. The number of anilines is 2. The summed E-state index contributed by atoms with van der Waals surface area (Å²) in [5.74, 6) is 0.823. The number of morpholine rings is 1. The van der Waals surface area contributed by atoms with Gasteiger partial charge in [0.1, 0.15) is 5.82 Å². The standard InChI is InChI=1S/C18H24N4O2/c1-4-22-13(2)11-16(14(22)3)18(23)20-15-5-6-17(19-12-15)21-7-9-24-10-8-21/h5-6,11-12H,4,7-10H2,1-3H3,(H,20,23). The largest absolute Gasteiger partial charge is 0.378 e. The molecule has 1 aliphatic heterocycles. The molecule has 0 bridgehead atoms. The van der Waals surface area contributed by atoms with Crippen LogP contribution in [-0.4, -0.2) is 41.8 Å². The van der Waals surface area contributed by atoms with Crippen LogP contribution in [0.2, 0.25) is 0 Å². The van der Waals surface area contributed by atoms with Crippen molar-refractivity contribution in [1.29, 1.82) is 0 Å². The van der Waals surface area contributed by atoms with Crippen molar-refractivity contribution in [3.05, 3.63) is 41.3 Å². The smallest absolute Gasteiger partial charge is 0.257 e. The SMILES string of the molecule is CCn1c(C)cc(C(=O)Nc2ccc(N3CCOCC3)nc2)c1C. The van der Waals surface area contributed by atoms with Gasteiger partial charge in [0.05, 0.1) is 30.7 Å². The van der Waals surface area contributed by atoms with Gasteiger partial charge in [-0.15, -0.1) is 0 Å². The molecule has 3 rings (SSSR count). The van der Waals surface area contributed by atoms with Gasteiger partial charge in [0.15, 0.2) is 0 Å². The number of hydrogen-bond acceptors (Lipinski definition) is 4. The number of nitrogens with zero attached hydrogens (tertiary/aromatic N) is 3. The van der Waals surface area contributed by atoms with E-state index in [1.54, 1.807) is 6.20 Å². The van der Waals surface area contributed by atoms with Crippen molar-refractivity contribution >= 4 is 17.4 Å². The average molecular weight is 328 g/mol. The lowest BCUT2D eigenvalue weighted by Crippen LogP contribution is -2.36. The van der Waals surface area contributed by atoms with E-state index in [-0.39, 0.29) is 5.91 Å². The molecule has 3 heterocycles. The first-order valence-electron chi connectivity index (χ1n) is 8.37. The van der Waals surface area contributed by atoms with Gasteiger partial charge in [-0.2, -0.15) is 0 Å². The molecular weight excluding hydrogens is 304 g/mol. The maximum absolute atomic E-state index is 12.5. The Kier molecular flexibility index (Phi) is 4.85. The fourth-order valence-corrected chi connectivity index (χ4v) is 3.16. The number of nitrogens with one attached hydrogen (secondary N) is 1. The topological polar surface area (TPSA) is 59.4 Å². The zero-order valence-electron chi connectivity index (χ0n) is 14.5. The highest BCUT2D eigenvalue weighted by Gasteiger charge is 2.16. The second-order valence-electron chi connectivity index (χ2n) is 5.99. The Morgan fingerprint density at radius 2 is 2.04 bits per heavy atom. The van der Waals surface area contributed by atoms with Gasteiger partial charge in [0, 0.05) is 31.0 Å². The van der Waals surface area contributed by atoms with Gasteiger partial charge < -0.3 is 19.5 Å². The van der Waals surface area contributed by atoms with E-state index in [9.17, 15) is 4.79 Å². The van der Waals surface area contributed by atoms with Gasteiger partial charge in [0.2, 0.25) is 0 Å². The van der Waals surface area contributed by atoms with Crippen LogP contribution >= 0.6 is 0 Å². The number of aryl methyl sites for hydroxylation is 1. The maximum Gasteiger partial charge on any atom is 0.257 e. The van der Waals surface area contributed by atoms with Gasteiger partial charge in [-0.3, -0.25) is 4.79 Å². The predicted molar refractivity (Wildman–Crippen MR) is 94.8 cm³/mol. The van der Waals surface area contributed by atoms with Gasteiger partial charge in [-0.05, 0) is 39.0 Å². The number of ether oxygens (including phenoxy) is 1. The Bertz CT molecular complexity index is 715. The number of carbonyl (C=O) groups excluding carboxylic acids is 1. The molecule has 0 aromatic carbocycles. The minimum absolute atomic E-state index is 0.0938. The Labute approximate surface area is 142 Å². The molecule has 1 fully saturated rings. The number of pyridine rings is 1. The molecule has 24 heavy (non-hydrogen) atoms. The molecule has 0 aliphatic carbocycles. The fourth-order valence-electron chi connectivity index (χ4n) is 3.16. The summed E-state index contributed by atoms with van der Waals surface area (Å²) in [5.41, 5.74) is 3.51. The van der Waals surface area contributed by atoms with E-state index in [1.807, 2.05) is 32.0 Å². The summed E-state index contributed by atoms with van der Waals surface area (Å²) in [6, 6.07) is 5.77. The van der Waals surface area contributed by atoms with Gasteiger partial charge in [-0.1, -0.05) is 0 Å². The van der Waals surface area contributed by atoms with Crippen LogP contribution in [0.3, 0.4) is 0 Å². The zero-order chi connectivity index (χ0) is 17.1. The first kappa shape index (κ1) is 16.5. The minimum atomic E-state index is -0.0938. The molecule has 6 nitrogen and oxygen atoms in total. The van der Waals surface area contributed by atoms with Crippen molar-refractivity contribution in [2.45, 2.75) is 27.3 Å². The summed E-state index contributed by atoms with van der Waals surface area (Å²) in [4.78, 5) is 19.2. The maximum atomic E-state index is 12.5. The monoisotopic (exact) mass is 328 g/mol. The first-order valence-corrected chi connectivity index (χ1v) is 8.37. The Morgan fingerprint density at radius 1 is 1.29 bits per heavy atom. The molecule has 0 saturated carbocycles. The van der Waals surface area contributed by atoms with Crippen LogP contribution in [0.1, 0.15) is 28.7 Å². The van der Waals surface area contributed by atoms with Crippen molar-refractivity contribution in [3.8, 4) is 0 Å². The lowest BCUT2D eigenvalue weighted by atomic mass is 10.2. The van der Waals surface area contributed by atoms with Gasteiger partial charge in [0.25, 0.3) is 5.91 Å². The normalized spacial score (nSPS) is 14.7. The highest BCUT2D eigenvalue weighted by atomic mass is 16.5. The van der Waals surface area contributed by atoms with E-state index in [1.165, 1.54) is 0 Å². The molecule has 1 saturated heterocycles. The van der Waals surface area contributed by atoms with Crippen LogP contribution < -0.4 is 10.2 Å². The molecule has 0 unspecified atom stereocenters. The molecule has 0 spiro atoms. The van der Waals surface area contributed by atoms with E-state index >= 15 is 0 Å². The van der Waals surface area contributed by atoms with Crippen molar-refractivity contribution in [3.63, 3.8) is 0 Å². The lowest BCUT2D eigenvalue weighted by molar-refractivity contribution is 0.102. The molecule has 1 N–H and O–H groups in total. The number of hydrogen-bond donors (Lipinski definition) is 1. The van der Waals surface area contributed by atoms with Crippen LogP contribution in [0.25, 0.3) is 0 Å². The summed E-state index contributed by atoms with van der Waals surface area (Å²) < 4.78 is 7.48. The van der Waals surface area contributed by atoms with E-state index in [0.717, 1.165) is 50.1 Å². The Balaban J connectivity index is 1.70. The Hall–Kier alpha value is -2.34. The molecule has 1 amide bonds. The third kappa shape index (κ3) is 3.28. The zero-order valence-corrected chi connectivity index (χ0v) is 14.5. The lowest BCUT2D eigenvalue weighted by Gasteiger charge is -2.27. The number of amides is 1. The van der Waals surface area contributed by atoms with E-state index in [4.69, 9.17) is 4.74 Å². The van der Waals surface area contributed by atoms with Crippen molar-refractivity contribution in [2.24, 2.45) is 0 Å². The van der Waals surface area contributed by atoms with Crippen molar-refractivity contribution in [2.75, 3.05) is 36.5 Å². The minimum Gasteiger partial charge on any atom is -0.378 e. The van der Waals surface area contributed by atoms with Crippen LogP contribution in [0, 0.1) is 13.8 Å². The van der Waals surface area contributed by atoms with Crippen molar-refractivity contribution < 1.29 is 9.53 Å². The highest BCUT2D eigenvalue weighted by Crippen LogP contribution is 2.19. The third-order valence-corrected chi connectivity index (χ3v) is 4.48. The van der Waals surface area contributed by atoms with Gasteiger partial charge in [-0.25, -0.2) is 4.98 Å². The summed E-state index contributed by atoms with van der Waals surface area (Å²) in [7, 11) is 0. The summed E-state index contributed by atoms with van der Waals surface area (Å²) >= 11 is 0. The van der Waals surface area contributed by atoms with Crippen LogP contribution in [-0.2, 0) is 11.3 Å².